The Bertz CT molecular complexity index is 579. The molecule has 2 unspecified atom stereocenters. The second-order valence-electron chi connectivity index (χ2n) is 7.23. The lowest BCUT2D eigenvalue weighted by Crippen LogP contribution is -2.42. The Morgan fingerprint density at radius 3 is 2.71 bits per heavy atom. The van der Waals surface area contributed by atoms with Gasteiger partial charge in [-0.25, -0.2) is 0 Å². The molecule has 1 aromatic carbocycles. The minimum Gasteiger partial charge on any atom is -0.342 e. The van der Waals surface area contributed by atoms with Gasteiger partial charge in [-0.3, -0.25) is 14.6 Å². The fraction of sp³-hybridized carbons (Fsp3) is 0.632. The number of carbonyl (C=O) groups excluding carboxylic acids is 1. The van der Waals surface area contributed by atoms with Crippen LogP contribution in [-0.4, -0.2) is 65.9 Å². The molecule has 1 amide bonds. The van der Waals surface area contributed by atoms with E-state index < -0.39 is 0 Å². The van der Waals surface area contributed by atoms with Crippen LogP contribution in [0.25, 0.3) is 0 Å². The quantitative estimate of drug-likeness (QED) is 0.839. The molecule has 24 heavy (non-hydrogen) atoms. The van der Waals surface area contributed by atoms with E-state index in [2.05, 4.69) is 28.9 Å². The van der Waals surface area contributed by atoms with E-state index in [0.29, 0.717) is 12.0 Å². The highest BCUT2D eigenvalue weighted by Gasteiger charge is 2.34. The van der Waals surface area contributed by atoms with Crippen molar-refractivity contribution in [2.24, 2.45) is 5.92 Å². The van der Waals surface area contributed by atoms with Crippen molar-refractivity contribution in [1.82, 2.24) is 14.7 Å². The Hall–Kier alpha value is -1.10. The zero-order valence-electron chi connectivity index (χ0n) is 14.7. The predicted molar refractivity (Wildman–Crippen MR) is 98.1 cm³/mol. The second-order valence-corrected chi connectivity index (χ2v) is 7.63. The Morgan fingerprint density at radius 1 is 1.17 bits per heavy atom. The maximum absolute atomic E-state index is 11.6. The largest absolute Gasteiger partial charge is 0.342 e. The first-order chi connectivity index (χ1) is 11.5. The number of hydrogen-bond donors (Lipinski definition) is 0. The number of likely N-dealkylation sites (tertiary alicyclic amines) is 1. The first-order valence-electron chi connectivity index (χ1n) is 9.00. The summed E-state index contributed by atoms with van der Waals surface area (Å²) in [5.41, 5.74) is 1.21. The molecule has 132 valence electrons. The molecule has 0 radical (unpaired) electrons. The van der Waals surface area contributed by atoms with Crippen molar-refractivity contribution in [3.63, 3.8) is 0 Å². The van der Waals surface area contributed by atoms with E-state index in [9.17, 15) is 4.79 Å². The van der Waals surface area contributed by atoms with Gasteiger partial charge >= 0.3 is 0 Å². The van der Waals surface area contributed by atoms with Gasteiger partial charge in [0.15, 0.2) is 0 Å². The SMILES string of the molecule is CC(=O)N1CCCN(C2CN(Cc3ccccc3Cl)CC2C)CC1. The van der Waals surface area contributed by atoms with E-state index in [1.807, 2.05) is 17.0 Å². The molecule has 0 aliphatic carbocycles. The first kappa shape index (κ1) is 17.7. The third-order valence-electron chi connectivity index (χ3n) is 5.44. The number of amides is 1. The second kappa shape index (κ2) is 7.85. The van der Waals surface area contributed by atoms with Crippen LogP contribution < -0.4 is 0 Å². The summed E-state index contributed by atoms with van der Waals surface area (Å²) in [5, 5.41) is 0.862. The molecule has 2 fully saturated rings. The molecule has 2 saturated heterocycles. The van der Waals surface area contributed by atoms with E-state index >= 15 is 0 Å². The molecule has 0 spiro atoms. The molecule has 0 bridgehead atoms. The molecule has 1 aromatic rings. The average molecular weight is 350 g/mol. The molecule has 2 heterocycles. The lowest BCUT2D eigenvalue weighted by atomic mass is 10.0. The van der Waals surface area contributed by atoms with Gasteiger partial charge in [0.1, 0.15) is 0 Å². The monoisotopic (exact) mass is 349 g/mol. The van der Waals surface area contributed by atoms with Crippen LogP contribution in [0.1, 0.15) is 25.8 Å². The molecule has 0 saturated carbocycles. The molecule has 4 nitrogen and oxygen atoms in total. The van der Waals surface area contributed by atoms with Gasteiger partial charge in [-0.1, -0.05) is 36.7 Å². The van der Waals surface area contributed by atoms with Crippen molar-refractivity contribution in [3.8, 4) is 0 Å². The van der Waals surface area contributed by atoms with E-state index in [4.69, 9.17) is 11.6 Å². The van der Waals surface area contributed by atoms with Crippen LogP contribution >= 0.6 is 11.6 Å². The molecule has 2 aliphatic heterocycles. The predicted octanol–water partition coefficient (Wildman–Crippen LogP) is 2.71. The van der Waals surface area contributed by atoms with Crippen molar-refractivity contribution in [2.45, 2.75) is 32.9 Å². The van der Waals surface area contributed by atoms with Crippen molar-refractivity contribution in [3.05, 3.63) is 34.9 Å². The fourth-order valence-electron chi connectivity index (χ4n) is 4.10. The van der Waals surface area contributed by atoms with Gasteiger partial charge in [0.2, 0.25) is 5.91 Å². The van der Waals surface area contributed by atoms with E-state index in [-0.39, 0.29) is 5.91 Å². The normalized spacial score (nSPS) is 26.5. The number of carbonyl (C=O) groups is 1. The summed E-state index contributed by atoms with van der Waals surface area (Å²) in [7, 11) is 0. The Balaban J connectivity index is 1.59. The number of benzene rings is 1. The zero-order chi connectivity index (χ0) is 17.1. The van der Waals surface area contributed by atoms with Crippen LogP contribution in [-0.2, 0) is 11.3 Å². The topological polar surface area (TPSA) is 26.8 Å². The third-order valence-corrected chi connectivity index (χ3v) is 5.81. The third kappa shape index (κ3) is 4.11. The summed E-state index contributed by atoms with van der Waals surface area (Å²) in [6, 6.07) is 8.72. The number of halogens is 1. The van der Waals surface area contributed by atoms with Crippen molar-refractivity contribution >= 4 is 17.5 Å². The summed E-state index contributed by atoms with van der Waals surface area (Å²) in [4.78, 5) is 18.7. The molecule has 2 atom stereocenters. The van der Waals surface area contributed by atoms with Crippen LogP contribution in [0.3, 0.4) is 0 Å². The first-order valence-corrected chi connectivity index (χ1v) is 9.37. The zero-order valence-corrected chi connectivity index (χ0v) is 15.5. The van der Waals surface area contributed by atoms with Crippen molar-refractivity contribution in [1.29, 1.82) is 0 Å². The summed E-state index contributed by atoms with van der Waals surface area (Å²) in [5.74, 6) is 0.855. The summed E-state index contributed by atoms with van der Waals surface area (Å²) < 4.78 is 0. The number of rotatable bonds is 3. The van der Waals surface area contributed by atoms with Gasteiger partial charge in [-0.15, -0.1) is 0 Å². The van der Waals surface area contributed by atoms with Crippen LogP contribution in [0.2, 0.25) is 5.02 Å². The summed E-state index contributed by atoms with van der Waals surface area (Å²) in [6.07, 6.45) is 1.08. The van der Waals surface area contributed by atoms with Crippen molar-refractivity contribution in [2.75, 3.05) is 39.3 Å². The van der Waals surface area contributed by atoms with E-state index in [1.54, 1.807) is 6.92 Å². The van der Waals surface area contributed by atoms with E-state index in [1.165, 1.54) is 5.56 Å². The smallest absolute Gasteiger partial charge is 0.219 e. The summed E-state index contributed by atoms with van der Waals surface area (Å²) in [6.45, 7) is 11.0. The Labute approximate surface area is 150 Å². The van der Waals surface area contributed by atoms with Gasteiger partial charge in [-0.2, -0.15) is 0 Å². The molecule has 3 rings (SSSR count). The number of hydrogen-bond acceptors (Lipinski definition) is 3. The lowest BCUT2D eigenvalue weighted by molar-refractivity contribution is -0.128. The molecular weight excluding hydrogens is 322 g/mol. The van der Waals surface area contributed by atoms with Crippen LogP contribution in [0.5, 0.6) is 0 Å². The highest BCUT2D eigenvalue weighted by atomic mass is 35.5. The van der Waals surface area contributed by atoms with Gasteiger partial charge in [0, 0.05) is 63.8 Å². The highest BCUT2D eigenvalue weighted by molar-refractivity contribution is 6.31. The standard InChI is InChI=1S/C19H28ClN3O/c1-15-12-21(13-17-6-3-4-7-18(17)20)14-19(15)23-9-5-8-22(10-11-23)16(2)24/h3-4,6-7,15,19H,5,8-14H2,1-2H3. The maximum Gasteiger partial charge on any atom is 0.219 e. The molecule has 2 aliphatic rings. The highest BCUT2D eigenvalue weighted by Crippen LogP contribution is 2.26. The summed E-state index contributed by atoms with van der Waals surface area (Å²) >= 11 is 6.32. The fourth-order valence-corrected chi connectivity index (χ4v) is 4.30. The van der Waals surface area contributed by atoms with E-state index in [0.717, 1.165) is 57.3 Å². The lowest BCUT2D eigenvalue weighted by Gasteiger charge is -2.30. The maximum atomic E-state index is 11.6. The molecule has 0 N–H and O–H groups in total. The van der Waals surface area contributed by atoms with Crippen LogP contribution in [0.15, 0.2) is 24.3 Å². The Kier molecular flexibility index (Phi) is 5.80. The number of nitrogens with zero attached hydrogens (tertiary/aromatic N) is 3. The van der Waals surface area contributed by atoms with Crippen LogP contribution in [0.4, 0.5) is 0 Å². The van der Waals surface area contributed by atoms with Crippen LogP contribution in [0, 0.1) is 5.92 Å². The molecular formula is C19H28ClN3O. The average Bonchev–Trinajstić information content (AvgIpc) is 2.76. The minimum absolute atomic E-state index is 0.205. The molecule has 0 aromatic heterocycles. The van der Waals surface area contributed by atoms with Gasteiger partial charge in [-0.05, 0) is 24.0 Å². The Morgan fingerprint density at radius 2 is 1.96 bits per heavy atom. The van der Waals surface area contributed by atoms with Gasteiger partial charge in [0.05, 0.1) is 0 Å². The van der Waals surface area contributed by atoms with Gasteiger partial charge in [0.25, 0.3) is 0 Å². The van der Waals surface area contributed by atoms with Gasteiger partial charge < -0.3 is 4.90 Å². The molecule has 5 heteroatoms. The minimum atomic E-state index is 0.205. The van der Waals surface area contributed by atoms with Crippen molar-refractivity contribution < 1.29 is 4.79 Å².